The standard InChI is InChI=1S/C23H26N6O5S/c1-13(2)20(25-22(32)15-7-5-14(3)6-8-15)21-26-27-23(28(21)4)35-12-19(31)24-16-9-10-18(30)17(11-16)29(33)34/h5-11,13,20,30H,12H2,1-4H3,(H,24,31)(H,25,32)/t20-/m1/s1. The predicted octanol–water partition coefficient (Wildman–Crippen LogP) is 3.60. The summed E-state index contributed by atoms with van der Waals surface area (Å²) in [6.07, 6.45) is 0. The molecule has 12 heteroatoms. The summed E-state index contributed by atoms with van der Waals surface area (Å²) in [5.41, 5.74) is 1.30. The molecule has 1 heterocycles. The number of hydrogen-bond donors (Lipinski definition) is 3. The number of nitro benzene ring substituents is 1. The van der Waals surface area contributed by atoms with Gasteiger partial charge >= 0.3 is 5.69 Å². The second-order valence-corrected chi connectivity index (χ2v) is 9.20. The van der Waals surface area contributed by atoms with Gasteiger partial charge in [-0.15, -0.1) is 10.2 Å². The Morgan fingerprint density at radius 1 is 1.17 bits per heavy atom. The maximum absolute atomic E-state index is 12.8. The Hall–Kier alpha value is -3.93. The number of phenolic OH excluding ortho intramolecular Hbond substituents is 1. The van der Waals surface area contributed by atoms with Crippen LogP contribution in [0.15, 0.2) is 47.6 Å². The molecule has 3 aromatic rings. The van der Waals surface area contributed by atoms with Crippen molar-refractivity contribution in [3.8, 4) is 5.75 Å². The van der Waals surface area contributed by atoms with Gasteiger partial charge in [-0.05, 0) is 37.1 Å². The molecule has 11 nitrogen and oxygen atoms in total. The number of aryl methyl sites for hydroxylation is 1. The Morgan fingerprint density at radius 2 is 1.86 bits per heavy atom. The molecule has 0 aliphatic rings. The van der Waals surface area contributed by atoms with Crippen LogP contribution < -0.4 is 10.6 Å². The molecule has 0 radical (unpaired) electrons. The van der Waals surface area contributed by atoms with Crippen molar-refractivity contribution in [2.45, 2.75) is 32.0 Å². The number of carbonyl (C=O) groups excluding carboxylic acids is 2. The van der Waals surface area contributed by atoms with Crippen LogP contribution in [0.25, 0.3) is 0 Å². The van der Waals surface area contributed by atoms with Gasteiger partial charge in [-0.2, -0.15) is 0 Å². The summed E-state index contributed by atoms with van der Waals surface area (Å²) in [6.45, 7) is 5.88. The quantitative estimate of drug-likeness (QED) is 0.175. The molecule has 0 fully saturated rings. The highest BCUT2D eigenvalue weighted by atomic mass is 32.2. The Balaban J connectivity index is 1.66. The van der Waals surface area contributed by atoms with Crippen molar-refractivity contribution in [2.24, 2.45) is 13.0 Å². The zero-order chi connectivity index (χ0) is 25.7. The molecule has 1 aromatic heterocycles. The van der Waals surface area contributed by atoms with E-state index in [0.29, 0.717) is 16.5 Å². The summed E-state index contributed by atoms with van der Waals surface area (Å²) < 4.78 is 1.73. The number of thioether (sulfide) groups is 1. The fourth-order valence-electron chi connectivity index (χ4n) is 3.26. The van der Waals surface area contributed by atoms with Crippen LogP contribution in [-0.2, 0) is 11.8 Å². The zero-order valence-electron chi connectivity index (χ0n) is 19.7. The lowest BCUT2D eigenvalue weighted by Gasteiger charge is -2.21. The van der Waals surface area contributed by atoms with Gasteiger partial charge < -0.3 is 20.3 Å². The van der Waals surface area contributed by atoms with Gasteiger partial charge in [0.15, 0.2) is 16.7 Å². The molecule has 3 rings (SSSR count). The number of anilines is 1. The number of carbonyl (C=O) groups is 2. The van der Waals surface area contributed by atoms with Crippen molar-refractivity contribution in [1.82, 2.24) is 20.1 Å². The van der Waals surface area contributed by atoms with E-state index in [4.69, 9.17) is 0 Å². The first-order valence-corrected chi connectivity index (χ1v) is 11.7. The summed E-state index contributed by atoms with van der Waals surface area (Å²) in [5, 5.41) is 34.9. The van der Waals surface area contributed by atoms with Gasteiger partial charge in [0.05, 0.1) is 16.7 Å². The van der Waals surface area contributed by atoms with Crippen molar-refractivity contribution < 1.29 is 19.6 Å². The molecule has 0 bridgehead atoms. The average Bonchev–Trinajstić information content (AvgIpc) is 3.17. The lowest BCUT2D eigenvalue weighted by Crippen LogP contribution is -2.33. The van der Waals surface area contributed by atoms with Gasteiger partial charge in [-0.25, -0.2) is 0 Å². The Kier molecular flexibility index (Phi) is 8.07. The van der Waals surface area contributed by atoms with Crippen molar-refractivity contribution in [2.75, 3.05) is 11.1 Å². The number of nitrogens with zero attached hydrogens (tertiary/aromatic N) is 4. The normalized spacial score (nSPS) is 11.8. The van der Waals surface area contributed by atoms with E-state index in [-0.39, 0.29) is 23.3 Å². The first kappa shape index (κ1) is 25.7. The minimum absolute atomic E-state index is 0.0251. The van der Waals surface area contributed by atoms with Crippen LogP contribution in [0.3, 0.4) is 0 Å². The number of amides is 2. The largest absolute Gasteiger partial charge is 0.502 e. The van der Waals surface area contributed by atoms with Gasteiger partial charge in [0, 0.05) is 24.4 Å². The van der Waals surface area contributed by atoms with Crippen LogP contribution in [0.5, 0.6) is 5.75 Å². The highest BCUT2D eigenvalue weighted by molar-refractivity contribution is 7.99. The molecule has 3 N–H and O–H groups in total. The van der Waals surface area contributed by atoms with E-state index in [1.165, 1.54) is 6.07 Å². The summed E-state index contributed by atoms with van der Waals surface area (Å²) in [5.74, 6) is -0.557. The molecular formula is C23H26N6O5S. The van der Waals surface area contributed by atoms with E-state index in [0.717, 1.165) is 29.5 Å². The van der Waals surface area contributed by atoms with Crippen LogP contribution in [0, 0.1) is 23.0 Å². The van der Waals surface area contributed by atoms with E-state index in [1.54, 1.807) is 23.7 Å². The molecule has 0 saturated carbocycles. The molecule has 35 heavy (non-hydrogen) atoms. The topological polar surface area (TPSA) is 152 Å². The summed E-state index contributed by atoms with van der Waals surface area (Å²) in [4.78, 5) is 35.3. The van der Waals surface area contributed by atoms with Crippen molar-refractivity contribution in [3.05, 3.63) is 69.5 Å². The van der Waals surface area contributed by atoms with E-state index in [2.05, 4.69) is 20.8 Å². The molecule has 184 valence electrons. The number of aromatic hydroxyl groups is 1. The number of benzene rings is 2. The van der Waals surface area contributed by atoms with Crippen LogP contribution >= 0.6 is 11.8 Å². The molecule has 2 aromatic carbocycles. The minimum atomic E-state index is -0.733. The van der Waals surface area contributed by atoms with Crippen molar-refractivity contribution in [3.63, 3.8) is 0 Å². The predicted molar refractivity (Wildman–Crippen MR) is 131 cm³/mol. The number of rotatable bonds is 9. The highest BCUT2D eigenvalue weighted by Gasteiger charge is 2.25. The first-order valence-electron chi connectivity index (χ1n) is 10.7. The molecule has 2 amide bonds. The van der Waals surface area contributed by atoms with Gasteiger partial charge in [-0.3, -0.25) is 19.7 Å². The fourth-order valence-corrected chi connectivity index (χ4v) is 3.97. The first-order chi connectivity index (χ1) is 16.6. The lowest BCUT2D eigenvalue weighted by molar-refractivity contribution is -0.385. The second-order valence-electron chi connectivity index (χ2n) is 8.26. The SMILES string of the molecule is Cc1ccc(C(=O)N[C@@H](c2nnc(SCC(=O)Nc3ccc(O)c([N+](=O)[O-])c3)n2C)C(C)C)cc1. The van der Waals surface area contributed by atoms with Crippen LogP contribution in [0.4, 0.5) is 11.4 Å². The van der Waals surface area contributed by atoms with Crippen LogP contribution in [0.2, 0.25) is 0 Å². The number of nitro groups is 1. The Bertz CT molecular complexity index is 1240. The maximum atomic E-state index is 12.8. The third-order valence-corrected chi connectivity index (χ3v) is 6.22. The van der Waals surface area contributed by atoms with Gasteiger partial charge in [0.1, 0.15) is 0 Å². The lowest BCUT2D eigenvalue weighted by atomic mass is 10.0. The maximum Gasteiger partial charge on any atom is 0.312 e. The molecule has 0 spiro atoms. The number of nitrogens with one attached hydrogen (secondary N) is 2. The average molecular weight is 499 g/mol. The fraction of sp³-hybridized carbons (Fsp3) is 0.304. The van der Waals surface area contributed by atoms with Crippen molar-refractivity contribution in [1.29, 1.82) is 0 Å². The summed E-state index contributed by atoms with van der Waals surface area (Å²) >= 11 is 1.14. The van der Waals surface area contributed by atoms with Gasteiger partial charge in [-0.1, -0.05) is 43.3 Å². The number of phenols is 1. The van der Waals surface area contributed by atoms with E-state index < -0.39 is 28.3 Å². The zero-order valence-corrected chi connectivity index (χ0v) is 20.5. The van der Waals surface area contributed by atoms with Crippen molar-refractivity contribution >= 4 is 35.0 Å². The van der Waals surface area contributed by atoms with E-state index in [1.807, 2.05) is 32.9 Å². The Labute approximate surface area is 206 Å². The Morgan fingerprint density at radius 3 is 2.49 bits per heavy atom. The van der Waals surface area contributed by atoms with E-state index >= 15 is 0 Å². The molecular weight excluding hydrogens is 472 g/mol. The van der Waals surface area contributed by atoms with Gasteiger partial charge in [0.2, 0.25) is 5.91 Å². The highest BCUT2D eigenvalue weighted by Crippen LogP contribution is 2.29. The summed E-state index contributed by atoms with van der Waals surface area (Å²) in [7, 11) is 1.76. The number of aromatic nitrogens is 3. The molecule has 0 saturated heterocycles. The smallest absolute Gasteiger partial charge is 0.312 e. The van der Waals surface area contributed by atoms with Crippen LogP contribution in [-0.4, -0.2) is 42.4 Å². The monoisotopic (exact) mass is 498 g/mol. The minimum Gasteiger partial charge on any atom is -0.502 e. The van der Waals surface area contributed by atoms with Crippen LogP contribution in [0.1, 0.15) is 41.6 Å². The number of hydrogen-bond acceptors (Lipinski definition) is 8. The molecule has 0 aliphatic heterocycles. The van der Waals surface area contributed by atoms with Gasteiger partial charge in [0.25, 0.3) is 5.91 Å². The third kappa shape index (κ3) is 6.35. The third-order valence-electron chi connectivity index (χ3n) is 5.20. The van der Waals surface area contributed by atoms with E-state index in [9.17, 15) is 24.8 Å². The summed E-state index contributed by atoms with van der Waals surface area (Å²) in [6, 6.07) is 10.5. The molecule has 0 unspecified atom stereocenters. The molecule has 0 aliphatic carbocycles. The second kappa shape index (κ2) is 11.0. The molecule has 1 atom stereocenters.